The van der Waals surface area contributed by atoms with Gasteiger partial charge in [0.1, 0.15) is 17.3 Å². The van der Waals surface area contributed by atoms with Crippen molar-refractivity contribution in [3.63, 3.8) is 0 Å². The normalized spacial score (nSPS) is 12.2. The minimum Gasteiger partial charge on any atom is -0.388 e. The van der Waals surface area contributed by atoms with Crippen LogP contribution < -0.4 is 0 Å². The molecule has 2 aromatic rings. The van der Waals surface area contributed by atoms with Crippen LogP contribution >= 0.6 is 0 Å². The van der Waals surface area contributed by atoms with Gasteiger partial charge in [0.25, 0.3) is 0 Å². The summed E-state index contributed by atoms with van der Waals surface area (Å²) in [5.74, 6) is -0.702. The molecule has 2 rings (SSSR count). The molecule has 2 aromatic carbocycles. The number of ketones is 2. The van der Waals surface area contributed by atoms with E-state index in [4.69, 9.17) is 9.47 Å². The van der Waals surface area contributed by atoms with Crippen LogP contribution in [-0.2, 0) is 22.7 Å². The fourth-order valence-electron chi connectivity index (χ4n) is 2.88. The Morgan fingerprint density at radius 2 is 1.03 bits per heavy atom. The van der Waals surface area contributed by atoms with E-state index in [1.54, 1.807) is 48.5 Å². The third kappa shape index (κ3) is 7.93. The topological polar surface area (TPSA) is 113 Å². The molecular formula is C25H32O7. The molecule has 174 valence electrons. The molecule has 7 nitrogen and oxygen atoms in total. The Balaban J connectivity index is 1.70. The first-order valence-electron chi connectivity index (χ1n) is 10.4. The molecule has 32 heavy (non-hydrogen) atoms. The van der Waals surface area contributed by atoms with Gasteiger partial charge in [0.05, 0.1) is 26.4 Å². The Labute approximate surface area is 188 Å². The average molecular weight is 445 g/mol. The monoisotopic (exact) mass is 444 g/mol. The highest BCUT2D eigenvalue weighted by Crippen LogP contribution is 2.15. The number of rotatable bonds is 12. The lowest BCUT2D eigenvalue weighted by molar-refractivity contribution is -0.0276. The number of aliphatic hydroxyl groups is 3. The lowest BCUT2D eigenvalue weighted by Crippen LogP contribution is -2.31. The molecule has 3 N–H and O–H groups in total. The van der Waals surface area contributed by atoms with Crippen molar-refractivity contribution in [3.05, 3.63) is 70.8 Å². The Morgan fingerprint density at radius 1 is 0.719 bits per heavy atom. The van der Waals surface area contributed by atoms with E-state index < -0.39 is 17.3 Å². The summed E-state index contributed by atoms with van der Waals surface area (Å²) in [6.07, 6.45) is -0.804. The molecule has 0 fully saturated rings. The van der Waals surface area contributed by atoms with Crippen LogP contribution in [0.1, 0.15) is 59.5 Å². The number of carbonyl (C=O) groups is 2. The van der Waals surface area contributed by atoms with Gasteiger partial charge in [-0.1, -0.05) is 48.5 Å². The second-order valence-corrected chi connectivity index (χ2v) is 8.85. The fraction of sp³-hybridized carbons (Fsp3) is 0.440. The molecule has 0 bridgehead atoms. The molecule has 0 aliphatic rings. The van der Waals surface area contributed by atoms with Gasteiger partial charge in [0.2, 0.25) is 0 Å². The van der Waals surface area contributed by atoms with Crippen molar-refractivity contribution in [2.45, 2.75) is 58.2 Å². The minimum absolute atomic E-state index is 0.0867. The van der Waals surface area contributed by atoms with E-state index in [9.17, 15) is 24.9 Å². The Bertz CT molecular complexity index is 812. The van der Waals surface area contributed by atoms with Gasteiger partial charge in [-0.05, 0) is 38.8 Å². The van der Waals surface area contributed by atoms with Crippen LogP contribution in [0.3, 0.4) is 0 Å². The lowest BCUT2D eigenvalue weighted by atomic mass is 9.96. The van der Waals surface area contributed by atoms with Crippen molar-refractivity contribution in [2.75, 3.05) is 13.2 Å². The quantitative estimate of drug-likeness (QED) is 0.431. The predicted molar refractivity (Wildman–Crippen MR) is 119 cm³/mol. The number of carbonyl (C=O) groups excluding carboxylic acids is 2. The summed E-state index contributed by atoms with van der Waals surface area (Å²) in [5, 5.41) is 29.6. The largest absolute Gasteiger partial charge is 0.388 e. The number of hydrogen-bond donors (Lipinski definition) is 3. The molecular weight excluding hydrogens is 412 g/mol. The molecule has 0 aliphatic heterocycles. The van der Waals surface area contributed by atoms with Crippen molar-refractivity contribution >= 4 is 11.6 Å². The number of aliphatic hydroxyl groups excluding tert-OH is 1. The average Bonchev–Trinajstić information content (AvgIpc) is 2.72. The zero-order chi connectivity index (χ0) is 23.9. The van der Waals surface area contributed by atoms with E-state index in [1.807, 2.05) is 0 Å². The Hall–Kier alpha value is -2.42. The molecule has 0 aliphatic carbocycles. The van der Waals surface area contributed by atoms with Crippen LogP contribution in [0.25, 0.3) is 0 Å². The van der Waals surface area contributed by atoms with E-state index >= 15 is 0 Å². The van der Waals surface area contributed by atoms with Crippen molar-refractivity contribution in [1.82, 2.24) is 0 Å². The van der Waals surface area contributed by atoms with Gasteiger partial charge in [-0.15, -0.1) is 0 Å². The first kappa shape index (κ1) is 25.8. The Morgan fingerprint density at radius 3 is 1.31 bits per heavy atom. The van der Waals surface area contributed by atoms with E-state index in [0.717, 1.165) is 11.1 Å². The second-order valence-electron chi connectivity index (χ2n) is 8.85. The van der Waals surface area contributed by atoms with Gasteiger partial charge >= 0.3 is 0 Å². The number of ether oxygens (including phenoxy) is 2. The maximum Gasteiger partial charge on any atom is 0.193 e. The van der Waals surface area contributed by atoms with Crippen LogP contribution in [-0.4, -0.2) is 57.4 Å². The summed E-state index contributed by atoms with van der Waals surface area (Å²) in [6, 6.07) is 13.5. The molecule has 0 atom stereocenters. The molecule has 7 heteroatoms. The third-order valence-corrected chi connectivity index (χ3v) is 4.70. The highest BCUT2D eigenvalue weighted by atomic mass is 16.5. The highest BCUT2D eigenvalue weighted by Gasteiger charge is 2.25. The summed E-state index contributed by atoms with van der Waals surface area (Å²) in [6.45, 7) is 6.50. The van der Waals surface area contributed by atoms with E-state index in [1.165, 1.54) is 27.7 Å². The zero-order valence-corrected chi connectivity index (χ0v) is 19.0. The lowest BCUT2D eigenvalue weighted by Gasteiger charge is -2.16. The molecule has 0 radical (unpaired) electrons. The van der Waals surface area contributed by atoms with Crippen LogP contribution in [0.2, 0.25) is 0 Å². The molecule has 0 saturated carbocycles. The van der Waals surface area contributed by atoms with Crippen LogP contribution in [0, 0.1) is 0 Å². The van der Waals surface area contributed by atoms with Gasteiger partial charge < -0.3 is 24.8 Å². The smallest absolute Gasteiger partial charge is 0.193 e. The van der Waals surface area contributed by atoms with E-state index in [2.05, 4.69) is 0 Å². The second kappa shape index (κ2) is 10.9. The molecule has 0 saturated heterocycles. The van der Waals surface area contributed by atoms with Crippen LogP contribution in [0.15, 0.2) is 48.5 Å². The predicted octanol–water partition coefficient (Wildman–Crippen LogP) is 2.69. The van der Waals surface area contributed by atoms with Gasteiger partial charge in [-0.3, -0.25) is 9.59 Å². The van der Waals surface area contributed by atoms with Gasteiger partial charge in [-0.25, -0.2) is 0 Å². The summed E-state index contributed by atoms with van der Waals surface area (Å²) in [4.78, 5) is 24.0. The minimum atomic E-state index is -1.42. The number of hydrogen-bond acceptors (Lipinski definition) is 7. The number of Topliss-reactive ketones (excluding diaryl/α,β-unsaturated/α-hetero) is 2. The maximum atomic E-state index is 12.0. The molecule has 0 unspecified atom stereocenters. The van der Waals surface area contributed by atoms with Crippen molar-refractivity contribution in [3.8, 4) is 0 Å². The van der Waals surface area contributed by atoms with Crippen molar-refractivity contribution < 1.29 is 34.4 Å². The maximum absolute atomic E-state index is 12.0. The summed E-state index contributed by atoms with van der Waals surface area (Å²) in [7, 11) is 0. The van der Waals surface area contributed by atoms with E-state index in [-0.39, 0.29) is 38.0 Å². The Kier molecular flexibility index (Phi) is 8.83. The first-order valence-corrected chi connectivity index (χ1v) is 10.4. The number of benzene rings is 2. The fourth-order valence-corrected chi connectivity index (χ4v) is 2.88. The molecule has 0 heterocycles. The van der Waals surface area contributed by atoms with Crippen molar-refractivity contribution in [2.24, 2.45) is 0 Å². The van der Waals surface area contributed by atoms with Crippen LogP contribution in [0.5, 0.6) is 0 Å². The first-order chi connectivity index (χ1) is 14.9. The molecule has 0 aromatic heterocycles. The van der Waals surface area contributed by atoms with Crippen LogP contribution in [0.4, 0.5) is 0 Å². The highest BCUT2D eigenvalue weighted by molar-refractivity contribution is 6.02. The molecule has 0 spiro atoms. The summed E-state index contributed by atoms with van der Waals surface area (Å²) >= 11 is 0. The SMILES string of the molecule is CC(C)(O)C(=O)c1ccc(COCC(O)COCc2ccc(C(=O)C(C)(C)O)cc2)cc1. The standard InChI is InChI=1S/C25H32O7/c1-24(2,29)22(27)19-9-5-17(6-10-19)13-31-15-21(26)16-32-14-18-7-11-20(12-8-18)23(28)25(3,4)30/h5-12,21,26,29-30H,13-16H2,1-4H3. The summed E-state index contributed by atoms with van der Waals surface area (Å²) < 4.78 is 11.0. The van der Waals surface area contributed by atoms with Gasteiger partial charge in [0, 0.05) is 11.1 Å². The van der Waals surface area contributed by atoms with E-state index in [0.29, 0.717) is 11.1 Å². The zero-order valence-electron chi connectivity index (χ0n) is 19.0. The van der Waals surface area contributed by atoms with Gasteiger partial charge in [-0.2, -0.15) is 0 Å². The summed E-state index contributed by atoms with van der Waals surface area (Å²) in [5.41, 5.74) is -0.313. The van der Waals surface area contributed by atoms with Crippen molar-refractivity contribution in [1.29, 1.82) is 0 Å². The molecule has 0 amide bonds. The van der Waals surface area contributed by atoms with Gasteiger partial charge in [0.15, 0.2) is 11.6 Å². The third-order valence-electron chi connectivity index (χ3n) is 4.70.